The molecule has 4 rings (SSSR count). The number of ether oxygens (including phenoxy) is 2. The third-order valence-electron chi connectivity index (χ3n) is 3.96. The van der Waals surface area contributed by atoms with E-state index in [0.29, 0.717) is 22.1 Å². The maximum Gasteiger partial charge on any atom is 0.307 e. The molecule has 0 aliphatic carbocycles. The Morgan fingerprint density at radius 2 is 2.04 bits per heavy atom. The summed E-state index contributed by atoms with van der Waals surface area (Å²) in [7, 11) is 0. The fourth-order valence-corrected chi connectivity index (χ4v) is 3.75. The van der Waals surface area contributed by atoms with Gasteiger partial charge in [-0.05, 0) is 29.8 Å². The van der Waals surface area contributed by atoms with Gasteiger partial charge in [-0.15, -0.1) is 11.3 Å². The first-order valence-electron chi connectivity index (χ1n) is 7.87. The van der Waals surface area contributed by atoms with Crippen LogP contribution in [0, 0.1) is 10.1 Å². The molecule has 1 N–H and O–H groups in total. The van der Waals surface area contributed by atoms with Gasteiger partial charge < -0.3 is 14.6 Å². The van der Waals surface area contributed by atoms with E-state index in [2.05, 4.69) is 4.98 Å². The molecule has 136 valence electrons. The zero-order valence-electron chi connectivity index (χ0n) is 13.7. The number of rotatable bonds is 5. The van der Waals surface area contributed by atoms with Gasteiger partial charge in [0.2, 0.25) is 6.79 Å². The molecule has 3 aromatic rings. The fraction of sp³-hybridized carbons (Fsp3) is 0.111. The Morgan fingerprint density at radius 3 is 2.74 bits per heavy atom. The predicted molar refractivity (Wildman–Crippen MR) is 99.0 cm³/mol. The highest BCUT2D eigenvalue weighted by Crippen LogP contribution is 2.40. The maximum absolute atomic E-state index is 11.5. The highest BCUT2D eigenvalue weighted by atomic mass is 32.1. The number of carbonyl (C=O) groups is 1. The largest absolute Gasteiger partial charge is 0.481 e. The molecule has 0 radical (unpaired) electrons. The van der Waals surface area contributed by atoms with Crippen LogP contribution in [0.5, 0.6) is 11.5 Å². The molecule has 1 aliphatic rings. The van der Waals surface area contributed by atoms with Gasteiger partial charge in [-0.1, -0.05) is 12.1 Å². The maximum atomic E-state index is 11.5. The molecule has 0 bridgehead atoms. The van der Waals surface area contributed by atoms with Crippen molar-refractivity contribution in [2.45, 2.75) is 6.42 Å². The van der Waals surface area contributed by atoms with Gasteiger partial charge in [-0.3, -0.25) is 14.9 Å². The molecular formula is C18H12N2O6S. The highest BCUT2D eigenvalue weighted by molar-refractivity contribution is 7.19. The summed E-state index contributed by atoms with van der Waals surface area (Å²) in [6, 6.07) is 10.2. The topological polar surface area (TPSA) is 112 Å². The van der Waals surface area contributed by atoms with Crippen molar-refractivity contribution in [3.63, 3.8) is 0 Å². The van der Waals surface area contributed by atoms with E-state index >= 15 is 0 Å². The van der Waals surface area contributed by atoms with Gasteiger partial charge in [0, 0.05) is 0 Å². The van der Waals surface area contributed by atoms with Crippen LogP contribution in [-0.4, -0.2) is 27.8 Å². The van der Waals surface area contributed by atoms with Gasteiger partial charge in [-0.25, -0.2) is 4.98 Å². The van der Waals surface area contributed by atoms with Crippen LogP contribution < -0.4 is 9.47 Å². The number of fused-ring (bicyclic) bond motifs is 2. The first-order chi connectivity index (χ1) is 13.0. The average molecular weight is 384 g/mol. The van der Waals surface area contributed by atoms with Gasteiger partial charge >= 0.3 is 5.97 Å². The van der Waals surface area contributed by atoms with Crippen molar-refractivity contribution in [3.05, 3.63) is 57.1 Å². The molecule has 0 amide bonds. The molecule has 0 saturated carbocycles. The number of aromatic nitrogens is 1. The second kappa shape index (κ2) is 6.69. The Balaban J connectivity index is 1.86. The molecule has 0 saturated heterocycles. The van der Waals surface area contributed by atoms with E-state index in [-0.39, 0.29) is 24.5 Å². The second-order valence-electron chi connectivity index (χ2n) is 5.75. The monoisotopic (exact) mass is 384 g/mol. The number of hydrogen-bond donors (Lipinski definition) is 1. The van der Waals surface area contributed by atoms with Crippen LogP contribution in [-0.2, 0) is 4.79 Å². The minimum absolute atomic E-state index is 0.0144. The third-order valence-corrected chi connectivity index (χ3v) is 5.07. The number of para-hydroxylation sites is 1. The van der Waals surface area contributed by atoms with Crippen LogP contribution in [0.4, 0.5) is 5.69 Å². The smallest absolute Gasteiger partial charge is 0.307 e. The van der Waals surface area contributed by atoms with Crippen LogP contribution in [0.2, 0.25) is 0 Å². The number of hydrogen-bond acceptors (Lipinski definition) is 7. The van der Waals surface area contributed by atoms with Crippen molar-refractivity contribution in [2.24, 2.45) is 0 Å². The van der Waals surface area contributed by atoms with Crippen LogP contribution in [0.1, 0.15) is 17.0 Å². The Bertz CT molecular complexity index is 1070. The number of carboxylic acid groups (broad SMARTS) is 1. The van der Waals surface area contributed by atoms with Gasteiger partial charge in [0.25, 0.3) is 5.69 Å². The molecule has 8 nitrogen and oxygen atoms in total. The van der Waals surface area contributed by atoms with E-state index in [1.165, 1.54) is 29.5 Å². The van der Waals surface area contributed by atoms with Crippen molar-refractivity contribution in [2.75, 3.05) is 6.79 Å². The summed E-state index contributed by atoms with van der Waals surface area (Å²) >= 11 is 1.34. The number of thiazole rings is 1. The molecule has 9 heteroatoms. The zero-order valence-corrected chi connectivity index (χ0v) is 14.6. The van der Waals surface area contributed by atoms with Crippen molar-refractivity contribution in [1.29, 1.82) is 0 Å². The number of benzene rings is 2. The summed E-state index contributed by atoms with van der Waals surface area (Å²) in [4.78, 5) is 26.7. The Kier molecular flexibility index (Phi) is 4.21. The lowest BCUT2D eigenvalue weighted by molar-refractivity contribution is -0.385. The van der Waals surface area contributed by atoms with E-state index in [4.69, 9.17) is 9.47 Å². The molecule has 0 unspecified atom stereocenters. The molecule has 1 aliphatic heterocycles. The molecule has 0 atom stereocenters. The molecule has 2 heterocycles. The van der Waals surface area contributed by atoms with Gasteiger partial charge in [-0.2, -0.15) is 0 Å². The van der Waals surface area contributed by atoms with E-state index in [1.807, 2.05) is 24.3 Å². The summed E-state index contributed by atoms with van der Waals surface area (Å²) < 4.78 is 11.4. The summed E-state index contributed by atoms with van der Waals surface area (Å²) in [5.74, 6) is -0.381. The van der Waals surface area contributed by atoms with Crippen molar-refractivity contribution < 1.29 is 24.3 Å². The summed E-state index contributed by atoms with van der Waals surface area (Å²) in [6.07, 6.45) is 1.16. The number of nitro benzene ring substituents is 1. The van der Waals surface area contributed by atoms with Crippen molar-refractivity contribution in [1.82, 2.24) is 4.98 Å². The normalized spacial score (nSPS) is 13.1. The molecular weight excluding hydrogens is 372 g/mol. The Hall–Kier alpha value is -3.46. The number of aliphatic carboxylic acids is 1. The molecule has 2 aromatic carbocycles. The lowest BCUT2D eigenvalue weighted by atomic mass is 10.1. The molecule has 0 fully saturated rings. The predicted octanol–water partition coefficient (Wildman–Crippen LogP) is 3.95. The Labute approximate surface area is 156 Å². The van der Waals surface area contributed by atoms with E-state index in [9.17, 15) is 20.0 Å². The zero-order chi connectivity index (χ0) is 19.0. The highest BCUT2D eigenvalue weighted by Gasteiger charge is 2.23. The second-order valence-corrected chi connectivity index (χ2v) is 6.78. The number of carboxylic acids is 1. The van der Waals surface area contributed by atoms with Crippen LogP contribution in [0.15, 0.2) is 36.4 Å². The molecule has 0 spiro atoms. The van der Waals surface area contributed by atoms with Gasteiger partial charge in [0.1, 0.15) is 5.01 Å². The first kappa shape index (κ1) is 17.0. The van der Waals surface area contributed by atoms with Crippen LogP contribution in [0.25, 0.3) is 21.9 Å². The number of nitro groups is 1. The lowest BCUT2D eigenvalue weighted by Gasteiger charge is -2.04. The first-order valence-corrected chi connectivity index (χ1v) is 8.69. The van der Waals surface area contributed by atoms with E-state index in [0.717, 1.165) is 10.2 Å². The molecule has 27 heavy (non-hydrogen) atoms. The quantitative estimate of drug-likeness (QED) is 0.523. The lowest BCUT2D eigenvalue weighted by Crippen LogP contribution is -1.98. The van der Waals surface area contributed by atoms with Gasteiger partial charge in [0.05, 0.1) is 33.2 Å². The SMILES string of the molecule is O=C(O)C/C(=C/c1cc2c(cc1[N+](=O)[O-])OCO2)c1nc2ccccc2s1. The molecule has 1 aromatic heterocycles. The average Bonchev–Trinajstić information content (AvgIpc) is 3.25. The fourth-order valence-electron chi connectivity index (χ4n) is 2.77. The third kappa shape index (κ3) is 3.32. The standard InChI is InChI=1S/C18H12N2O6S/c21-17(22)7-11(18-19-12-3-1-2-4-16(12)27-18)5-10-6-14-15(26-9-25-14)8-13(10)20(23)24/h1-6,8H,7,9H2,(H,21,22)/b11-5-. The number of nitrogens with zero attached hydrogens (tertiary/aromatic N) is 2. The van der Waals surface area contributed by atoms with Gasteiger partial charge in [0.15, 0.2) is 11.5 Å². The van der Waals surface area contributed by atoms with Crippen molar-refractivity contribution in [3.8, 4) is 11.5 Å². The summed E-state index contributed by atoms with van der Waals surface area (Å²) in [6.45, 7) is -0.0144. The van der Waals surface area contributed by atoms with Crippen LogP contribution in [0.3, 0.4) is 0 Å². The van der Waals surface area contributed by atoms with Crippen molar-refractivity contribution >= 4 is 44.9 Å². The van der Waals surface area contributed by atoms with E-state index < -0.39 is 10.9 Å². The minimum atomic E-state index is -1.05. The minimum Gasteiger partial charge on any atom is -0.481 e. The van der Waals surface area contributed by atoms with Crippen LogP contribution >= 0.6 is 11.3 Å². The van der Waals surface area contributed by atoms with E-state index in [1.54, 1.807) is 0 Å². The summed E-state index contributed by atoms with van der Waals surface area (Å²) in [5, 5.41) is 21.2. The summed E-state index contributed by atoms with van der Waals surface area (Å²) in [5.41, 5.74) is 1.17. The Morgan fingerprint density at radius 1 is 1.30 bits per heavy atom.